The fourth-order valence-electron chi connectivity index (χ4n) is 2.24. The van der Waals surface area contributed by atoms with E-state index in [2.05, 4.69) is 13.2 Å². The molecule has 0 aromatic carbocycles. The van der Waals surface area contributed by atoms with E-state index in [0.717, 1.165) is 30.4 Å². The lowest BCUT2D eigenvalue weighted by molar-refractivity contribution is -0.154. The van der Waals surface area contributed by atoms with Crippen molar-refractivity contribution in [2.24, 2.45) is 11.8 Å². The zero-order valence-corrected chi connectivity index (χ0v) is 12.4. The van der Waals surface area contributed by atoms with Crippen LogP contribution in [-0.2, 0) is 19.1 Å². The van der Waals surface area contributed by atoms with E-state index in [1.807, 2.05) is 13.8 Å². The van der Waals surface area contributed by atoms with Crippen LogP contribution in [0, 0.1) is 11.8 Å². The van der Waals surface area contributed by atoms with Gasteiger partial charge in [-0.15, -0.1) is 0 Å². The first-order chi connectivity index (χ1) is 9.40. The van der Waals surface area contributed by atoms with Gasteiger partial charge in [-0.3, -0.25) is 9.59 Å². The lowest BCUT2D eigenvalue weighted by Gasteiger charge is -2.26. The van der Waals surface area contributed by atoms with Crippen LogP contribution in [-0.4, -0.2) is 25.2 Å². The van der Waals surface area contributed by atoms with Crippen LogP contribution < -0.4 is 0 Å². The molecule has 0 saturated heterocycles. The van der Waals surface area contributed by atoms with Gasteiger partial charge in [0.25, 0.3) is 0 Å². The Labute approximate surface area is 120 Å². The van der Waals surface area contributed by atoms with Crippen molar-refractivity contribution in [3.8, 4) is 0 Å². The van der Waals surface area contributed by atoms with Gasteiger partial charge < -0.3 is 9.47 Å². The first kappa shape index (κ1) is 16.5. The van der Waals surface area contributed by atoms with Crippen LogP contribution in [0.1, 0.15) is 39.5 Å². The highest BCUT2D eigenvalue weighted by Crippen LogP contribution is 2.30. The summed E-state index contributed by atoms with van der Waals surface area (Å²) in [6, 6.07) is 0. The first-order valence-electron chi connectivity index (χ1n) is 7.02. The zero-order chi connectivity index (χ0) is 15.1. The third-order valence-electron chi connectivity index (χ3n) is 3.26. The predicted molar refractivity (Wildman–Crippen MR) is 77.0 cm³/mol. The number of rotatable bonds is 6. The summed E-state index contributed by atoms with van der Waals surface area (Å²) in [4.78, 5) is 23.8. The Kier molecular flexibility index (Phi) is 6.49. The molecule has 0 aromatic rings. The summed E-state index contributed by atoms with van der Waals surface area (Å²) in [6.45, 7) is 11.5. The van der Waals surface area contributed by atoms with Crippen LogP contribution in [0.2, 0.25) is 0 Å². The van der Waals surface area contributed by atoms with Crippen LogP contribution in [0.15, 0.2) is 24.3 Å². The Hall–Kier alpha value is -1.58. The van der Waals surface area contributed by atoms with Crippen LogP contribution >= 0.6 is 0 Å². The van der Waals surface area contributed by atoms with Crippen molar-refractivity contribution in [3.05, 3.63) is 24.3 Å². The molecular formula is C16H24O4. The molecule has 20 heavy (non-hydrogen) atoms. The molecule has 0 aromatic heterocycles. The van der Waals surface area contributed by atoms with E-state index in [-0.39, 0.29) is 37.0 Å². The predicted octanol–water partition coefficient (Wildman–Crippen LogP) is 3.03. The molecule has 1 rings (SSSR count). The summed E-state index contributed by atoms with van der Waals surface area (Å²) in [5.41, 5.74) is 1.62. The van der Waals surface area contributed by atoms with Gasteiger partial charge in [0.15, 0.2) is 0 Å². The maximum absolute atomic E-state index is 11.9. The van der Waals surface area contributed by atoms with Gasteiger partial charge in [-0.25, -0.2) is 0 Å². The van der Waals surface area contributed by atoms with Crippen molar-refractivity contribution < 1.29 is 19.1 Å². The summed E-state index contributed by atoms with van der Waals surface area (Å²) >= 11 is 0. The van der Waals surface area contributed by atoms with E-state index in [1.54, 1.807) is 0 Å². The Morgan fingerprint density at radius 2 is 1.35 bits per heavy atom. The summed E-state index contributed by atoms with van der Waals surface area (Å²) in [7, 11) is 0. The minimum atomic E-state index is -0.231. The minimum Gasteiger partial charge on any atom is -0.461 e. The Bertz CT molecular complexity index is 361. The molecule has 0 N–H and O–H groups in total. The molecule has 0 bridgehead atoms. The molecule has 2 unspecified atom stereocenters. The van der Waals surface area contributed by atoms with Crippen molar-refractivity contribution in [1.29, 1.82) is 0 Å². The Morgan fingerprint density at radius 3 is 1.70 bits per heavy atom. The smallest absolute Gasteiger partial charge is 0.309 e. The molecule has 4 heteroatoms. The first-order valence-corrected chi connectivity index (χ1v) is 7.02. The average Bonchev–Trinajstić information content (AvgIpc) is 2.42. The summed E-state index contributed by atoms with van der Waals surface area (Å²) in [6.07, 6.45) is 2.92. The van der Waals surface area contributed by atoms with Crippen molar-refractivity contribution in [2.75, 3.05) is 13.2 Å². The van der Waals surface area contributed by atoms with Gasteiger partial charge in [-0.2, -0.15) is 0 Å². The molecule has 0 radical (unpaired) electrons. The van der Waals surface area contributed by atoms with Crippen molar-refractivity contribution in [3.63, 3.8) is 0 Å². The summed E-state index contributed by atoms with van der Waals surface area (Å²) < 4.78 is 10.3. The number of ether oxygens (including phenoxy) is 2. The fourth-order valence-corrected chi connectivity index (χ4v) is 2.24. The molecule has 0 amide bonds. The molecular weight excluding hydrogens is 256 g/mol. The van der Waals surface area contributed by atoms with Gasteiger partial charge in [0, 0.05) is 0 Å². The number of carbonyl (C=O) groups is 2. The lowest BCUT2D eigenvalue weighted by atomic mass is 9.81. The second-order valence-corrected chi connectivity index (χ2v) is 5.69. The maximum Gasteiger partial charge on any atom is 0.309 e. The van der Waals surface area contributed by atoms with E-state index in [4.69, 9.17) is 9.47 Å². The Morgan fingerprint density at radius 1 is 0.950 bits per heavy atom. The standard InChI is InChI=1S/C16H24O4/c1-11(2)9-19-15(17)13-6-5-7-14(8-13)16(18)20-10-12(3)4/h13-14H,1,3,5-10H2,2,4H3. The van der Waals surface area contributed by atoms with Gasteiger partial charge in [0.1, 0.15) is 13.2 Å². The number of esters is 2. The van der Waals surface area contributed by atoms with E-state index in [1.165, 1.54) is 0 Å². The SMILES string of the molecule is C=C(C)COC(=O)C1CCCC(C(=O)OCC(=C)C)C1. The van der Waals surface area contributed by atoms with E-state index >= 15 is 0 Å². The molecule has 2 atom stereocenters. The molecule has 0 aliphatic heterocycles. The molecule has 1 fully saturated rings. The molecule has 0 heterocycles. The molecule has 1 saturated carbocycles. The van der Waals surface area contributed by atoms with Gasteiger partial charge in [-0.05, 0) is 44.3 Å². The van der Waals surface area contributed by atoms with Crippen LogP contribution in [0.3, 0.4) is 0 Å². The van der Waals surface area contributed by atoms with Gasteiger partial charge in [-0.1, -0.05) is 19.6 Å². The highest BCUT2D eigenvalue weighted by molar-refractivity contribution is 5.76. The normalized spacial score (nSPS) is 21.9. The summed E-state index contributed by atoms with van der Waals surface area (Å²) in [5.74, 6) is -0.869. The molecule has 112 valence electrons. The second kappa shape index (κ2) is 7.88. The van der Waals surface area contributed by atoms with E-state index in [0.29, 0.717) is 6.42 Å². The highest BCUT2D eigenvalue weighted by atomic mass is 16.5. The Balaban J connectivity index is 2.45. The fraction of sp³-hybridized carbons (Fsp3) is 0.625. The third kappa shape index (κ3) is 5.59. The zero-order valence-electron chi connectivity index (χ0n) is 12.4. The van der Waals surface area contributed by atoms with Gasteiger partial charge in [0.2, 0.25) is 0 Å². The van der Waals surface area contributed by atoms with E-state index in [9.17, 15) is 9.59 Å². The topological polar surface area (TPSA) is 52.6 Å². The van der Waals surface area contributed by atoms with Crippen molar-refractivity contribution >= 4 is 11.9 Å². The minimum absolute atomic E-state index is 0.203. The quantitative estimate of drug-likeness (QED) is 0.554. The summed E-state index contributed by atoms with van der Waals surface area (Å²) in [5, 5.41) is 0. The highest BCUT2D eigenvalue weighted by Gasteiger charge is 2.32. The van der Waals surface area contributed by atoms with Gasteiger partial charge in [0.05, 0.1) is 11.8 Å². The number of carbonyl (C=O) groups excluding carboxylic acids is 2. The van der Waals surface area contributed by atoms with Gasteiger partial charge >= 0.3 is 11.9 Å². The van der Waals surface area contributed by atoms with E-state index < -0.39 is 0 Å². The maximum atomic E-state index is 11.9. The monoisotopic (exact) mass is 280 g/mol. The lowest BCUT2D eigenvalue weighted by Crippen LogP contribution is -2.30. The molecule has 1 aliphatic rings. The van der Waals surface area contributed by atoms with Crippen molar-refractivity contribution in [2.45, 2.75) is 39.5 Å². The average molecular weight is 280 g/mol. The number of hydrogen-bond donors (Lipinski definition) is 0. The van der Waals surface area contributed by atoms with Crippen LogP contribution in [0.5, 0.6) is 0 Å². The van der Waals surface area contributed by atoms with Crippen molar-refractivity contribution in [1.82, 2.24) is 0 Å². The van der Waals surface area contributed by atoms with Crippen LogP contribution in [0.4, 0.5) is 0 Å². The molecule has 0 spiro atoms. The number of hydrogen-bond acceptors (Lipinski definition) is 4. The second-order valence-electron chi connectivity index (χ2n) is 5.69. The third-order valence-corrected chi connectivity index (χ3v) is 3.26. The molecule has 4 nitrogen and oxygen atoms in total. The largest absolute Gasteiger partial charge is 0.461 e. The van der Waals surface area contributed by atoms with Crippen LogP contribution in [0.25, 0.3) is 0 Å². The molecule has 1 aliphatic carbocycles.